The number of rotatable bonds is 8. The first-order chi connectivity index (χ1) is 10.7. The molecule has 2 unspecified atom stereocenters. The Morgan fingerprint density at radius 2 is 1.82 bits per heavy atom. The van der Waals surface area contributed by atoms with Crippen LogP contribution in [-0.2, 0) is 11.3 Å². The van der Waals surface area contributed by atoms with Gasteiger partial charge in [0.25, 0.3) is 0 Å². The lowest BCUT2D eigenvalue weighted by atomic mass is 10.2. The first-order valence-electron chi connectivity index (χ1n) is 8.39. The van der Waals surface area contributed by atoms with Crippen molar-refractivity contribution in [2.75, 3.05) is 33.3 Å². The molecule has 1 aliphatic heterocycles. The molecule has 124 valence electrons. The number of hydrogen-bond donors (Lipinski definition) is 1. The molecule has 1 N–H and O–H groups in total. The lowest BCUT2D eigenvalue weighted by Crippen LogP contribution is -2.45. The number of methoxy groups -OCH3 is 1. The van der Waals surface area contributed by atoms with E-state index in [2.05, 4.69) is 36.2 Å². The molecule has 4 heteroatoms. The molecule has 1 aromatic rings. The quantitative estimate of drug-likeness (QED) is 0.749. The lowest BCUT2D eigenvalue weighted by molar-refractivity contribution is -0.0681. The summed E-state index contributed by atoms with van der Waals surface area (Å²) < 4.78 is 10.9. The van der Waals surface area contributed by atoms with Crippen molar-refractivity contribution in [2.45, 2.75) is 45.4 Å². The van der Waals surface area contributed by atoms with Gasteiger partial charge in [0.05, 0.1) is 19.3 Å². The summed E-state index contributed by atoms with van der Waals surface area (Å²) in [6.45, 7) is 9.66. The zero-order chi connectivity index (χ0) is 15.8. The van der Waals surface area contributed by atoms with Gasteiger partial charge in [-0.1, -0.05) is 12.1 Å². The molecule has 0 bridgehead atoms. The van der Waals surface area contributed by atoms with Crippen LogP contribution in [0.5, 0.6) is 5.75 Å². The van der Waals surface area contributed by atoms with E-state index in [-0.39, 0.29) is 0 Å². The molecule has 0 aromatic heterocycles. The highest BCUT2D eigenvalue weighted by Gasteiger charge is 2.21. The molecule has 0 amide bonds. The van der Waals surface area contributed by atoms with Crippen LogP contribution in [-0.4, -0.2) is 50.4 Å². The van der Waals surface area contributed by atoms with Crippen molar-refractivity contribution >= 4 is 0 Å². The summed E-state index contributed by atoms with van der Waals surface area (Å²) in [7, 11) is 1.70. The summed E-state index contributed by atoms with van der Waals surface area (Å²) >= 11 is 0. The molecule has 0 saturated carbocycles. The normalized spacial score (nSPS) is 22.7. The number of morpholine rings is 1. The Balaban J connectivity index is 1.53. The van der Waals surface area contributed by atoms with Crippen LogP contribution in [0, 0.1) is 0 Å². The van der Waals surface area contributed by atoms with Crippen molar-refractivity contribution in [1.82, 2.24) is 10.2 Å². The number of hydrogen-bond acceptors (Lipinski definition) is 4. The lowest BCUT2D eigenvalue weighted by Gasteiger charge is -2.35. The summed E-state index contributed by atoms with van der Waals surface area (Å²) in [6.07, 6.45) is 3.21. The predicted molar refractivity (Wildman–Crippen MR) is 90.4 cm³/mol. The van der Waals surface area contributed by atoms with E-state index in [9.17, 15) is 0 Å². The van der Waals surface area contributed by atoms with Crippen LogP contribution in [0.3, 0.4) is 0 Å². The van der Waals surface area contributed by atoms with Crippen molar-refractivity contribution in [3.63, 3.8) is 0 Å². The molecule has 1 heterocycles. The van der Waals surface area contributed by atoms with Gasteiger partial charge in [-0.05, 0) is 57.5 Å². The molecule has 2 atom stereocenters. The van der Waals surface area contributed by atoms with Crippen LogP contribution < -0.4 is 10.1 Å². The summed E-state index contributed by atoms with van der Waals surface area (Å²) in [6, 6.07) is 8.25. The van der Waals surface area contributed by atoms with Crippen molar-refractivity contribution in [2.24, 2.45) is 0 Å². The van der Waals surface area contributed by atoms with E-state index >= 15 is 0 Å². The van der Waals surface area contributed by atoms with Gasteiger partial charge in [0.1, 0.15) is 5.75 Å². The smallest absolute Gasteiger partial charge is 0.118 e. The Labute approximate surface area is 134 Å². The molecule has 1 fully saturated rings. The average Bonchev–Trinajstić information content (AvgIpc) is 2.50. The van der Waals surface area contributed by atoms with E-state index in [1.54, 1.807) is 7.11 Å². The van der Waals surface area contributed by atoms with Gasteiger partial charge in [0.15, 0.2) is 0 Å². The van der Waals surface area contributed by atoms with Gasteiger partial charge in [-0.15, -0.1) is 0 Å². The van der Waals surface area contributed by atoms with Crippen LogP contribution in [0.2, 0.25) is 0 Å². The summed E-state index contributed by atoms with van der Waals surface area (Å²) in [5, 5.41) is 3.51. The fourth-order valence-electron chi connectivity index (χ4n) is 3.03. The van der Waals surface area contributed by atoms with Crippen LogP contribution in [0.4, 0.5) is 0 Å². The number of nitrogens with one attached hydrogen (secondary N) is 1. The van der Waals surface area contributed by atoms with Gasteiger partial charge >= 0.3 is 0 Å². The fourth-order valence-corrected chi connectivity index (χ4v) is 3.03. The zero-order valence-electron chi connectivity index (χ0n) is 14.2. The van der Waals surface area contributed by atoms with E-state index in [0.29, 0.717) is 12.2 Å². The molecule has 0 radical (unpaired) electrons. The summed E-state index contributed by atoms with van der Waals surface area (Å²) in [4.78, 5) is 2.53. The Morgan fingerprint density at radius 1 is 1.14 bits per heavy atom. The van der Waals surface area contributed by atoms with E-state index in [1.807, 2.05) is 12.1 Å². The highest BCUT2D eigenvalue weighted by atomic mass is 16.5. The molecule has 1 aromatic carbocycles. The molecule has 0 spiro atoms. The summed E-state index contributed by atoms with van der Waals surface area (Å²) in [5.41, 5.74) is 1.30. The minimum Gasteiger partial charge on any atom is -0.497 e. The maximum atomic E-state index is 5.76. The predicted octanol–water partition coefficient (Wildman–Crippen LogP) is 2.67. The Bertz CT molecular complexity index is 412. The van der Waals surface area contributed by atoms with Crippen molar-refractivity contribution in [3.8, 4) is 5.75 Å². The SMILES string of the molecule is COc1ccc(CNCCCCN2CC(C)OC(C)C2)cc1. The topological polar surface area (TPSA) is 33.7 Å². The highest BCUT2D eigenvalue weighted by molar-refractivity contribution is 5.26. The Hall–Kier alpha value is -1.10. The number of ether oxygens (including phenoxy) is 2. The molecular weight excluding hydrogens is 276 g/mol. The minimum atomic E-state index is 0.372. The maximum Gasteiger partial charge on any atom is 0.118 e. The van der Waals surface area contributed by atoms with Crippen molar-refractivity contribution in [1.29, 1.82) is 0 Å². The van der Waals surface area contributed by atoms with E-state index in [4.69, 9.17) is 9.47 Å². The van der Waals surface area contributed by atoms with E-state index in [0.717, 1.165) is 31.9 Å². The van der Waals surface area contributed by atoms with Gasteiger partial charge in [-0.2, -0.15) is 0 Å². The third-order valence-corrected chi connectivity index (χ3v) is 4.06. The van der Waals surface area contributed by atoms with Crippen LogP contribution in [0.15, 0.2) is 24.3 Å². The summed E-state index contributed by atoms with van der Waals surface area (Å²) in [5.74, 6) is 0.915. The molecule has 22 heavy (non-hydrogen) atoms. The minimum absolute atomic E-state index is 0.372. The fraction of sp³-hybridized carbons (Fsp3) is 0.667. The second-order valence-electron chi connectivity index (χ2n) is 6.25. The van der Waals surface area contributed by atoms with Crippen LogP contribution in [0.25, 0.3) is 0 Å². The van der Waals surface area contributed by atoms with Crippen molar-refractivity contribution < 1.29 is 9.47 Å². The first-order valence-corrected chi connectivity index (χ1v) is 8.39. The van der Waals surface area contributed by atoms with Gasteiger partial charge in [-0.3, -0.25) is 4.90 Å². The van der Waals surface area contributed by atoms with Gasteiger partial charge < -0.3 is 14.8 Å². The Morgan fingerprint density at radius 3 is 2.45 bits per heavy atom. The molecule has 1 saturated heterocycles. The van der Waals surface area contributed by atoms with Crippen LogP contribution >= 0.6 is 0 Å². The molecule has 1 aliphatic rings. The van der Waals surface area contributed by atoms with Crippen molar-refractivity contribution in [3.05, 3.63) is 29.8 Å². The Kier molecular flexibility index (Phi) is 7.16. The largest absolute Gasteiger partial charge is 0.497 e. The van der Waals surface area contributed by atoms with Gasteiger partial charge in [0, 0.05) is 19.6 Å². The molecule has 4 nitrogen and oxygen atoms in total. The van der Waals surface area contributed by atoms with Crippen LogP contribution in [0.1, 0.15) is 32.3 Å². The molecule has 2 rings (SSSR count). The molecular formula is C18H30N2O2. The number of benzene rings is 1. The highest BCUT2D eigenvalue weighted by Crippen LogP contribution is 2.12. The standard InChI is InChI=1S/C18H30N2O2/c1-15-13-20(14-16(2)22-15)11-5-4-10-19-12-17-6-8-18(21-3)9-7-17/h6-9,15-16,19H,4-5,10-14H2,1-3H3. The zero-order valence-corrected chi connectivity index (χ0v) is 14.2. The monoisotopic (exact) mass is 306 g/mol. The average molecular weight is 306 g/mol. The number of unbranched alkanes of at least 4 members (excludes halogenated alkanes) is 1. The van der Waals surface area contributed by atoms with Gasteiger partial charge in [-0.25, -0.2) is 0 Å². The second-order valence-corrected chi connectivity index (χ2v) is 6.25. The van der Waals surface area contributed by atoms with E-state index < -0.39 is 0 Å². The third-order valence-electron chi connectivity index (χ3n) is 4.06. The second kappa shape index (κ2) is 9.13. The van der Waals surface area contributed by atoms with Gasteiger partial charge in [0.2, 0.25) is 0 Å². The number of nitrogens with zero attached hydrogens (tertiary/aromatic N) is 1. The van der Waals surface area contributed by atoms with E-state index in [1.165, 1.54) is 24.9 Å². The molecule has 0 aliphatic carbocycles. The first kappa shape index (κ1) is 17.3. The maximum absolute atomic E-state index is 5.76. The third kappa shape index (κ3) is 5.95.